The lowest BCUT2D eigenvalue weighted by atomic mass is 9.99. The van der Waals surface area contributed by atoms with Crippen LogP contribution in [0.1, 0.15) is 22.9 Å². The van der Waals surface area contributed by atoms with E-state index in [9.17, 15) is 0 Å². The zero-order valence-corrected chi connectivity index (χ0v) is 11.7. The maximum absolute atomic E-state index is 6.34. The van der Waals surface area contributed by atoms with E-state index in [1.807, 2.05) is 36.9 Å². The van der Waals surface area contributed by atoms with Gasteiger partial charge in [-0.05, 0) is 25.1 Å². The first-order valence-corrected chi connectivity index (χ1v) is 6.04. The molecule has 102 valence electrons. The van der Waals surface area contributed by atoms with Crippen molar-refractivity contribution in [2.24, 2.45) is 12.8 Å². The van der Waals surface area contributed by atoms with Crippen LogP contribution in [0.2, 0.25) is 0 Å². The second kappa shape index (κ2) is 5.32. The van der Waals surface area contributed by atoms with Gasteiger partial charge in [-0.3, -0.25) is 4.68 Å². The molecule has 0 bridgehead atoms. The number of aryl methyl sites for hydroxylation is 1. The number of rotatable bonds is 4. The molecule has 0 aliphatic carbocycles. The van der Waals surface area contributed by atoms with Crippen LogP contribution < -0.4 is 15.2 Å². The molecule has 19 heavy (non-hydrogen) atoms. The summed E-state index contributed by atoms with van der Waals surface area (Å²) in [4.78, 5) is 0. The average Bonchev–Trinajstić information content (AvgIpc) is 2.77. The van der Waals surface area contributed by atoms with Gasteiger partial charge in [0.15, 0.2) is 0 Å². The van der Waals surface area contributed by atoms with Crippen molar-refractivity contribution in [2.75, 3.05) is 14.2 Å². The van der Waals surface area contributed by atoms with Crippen molar-refractivity contribution in [1.29, 1.82) is 0 Å². The topological polar surface area (TPSA) is 62.3 Å². The largest absolute Gasteiger partial charge is 0.497 e. The van der Waals surface area contributed by atoms with Gasteiger partial charge in [0.05, 0.1) is 26.5 Å². The molecule has 0 amide bonds. The molecule has 1 heterocycles. The Labute approximate surface area is 112 Å². The van der Waals surface area contributed by atoms with Gasteiger partial charge in [-0.2, -0.15) is 5.10 Å². The molecular weight excluding hydrogens is 242 g/mol. The van der Waals surface area contributed by atoms with Crippen molar-refractivity contribution in [1.82, 2.24) is 9.78 Å². The van der Waals surface area contributed by atoms with Crippen LogP contribution >= 0.6 is 0 Å². The number of hydrogen-bond acceptors (Lipinski definition) is 4. The Morgan fingerprint density at radius 1 is 1.21 bits per heavy atom. The second-order valence-corrected chi connectivity index (χ2v) is 4.39. The molecule has 1 unspecified atom stereocenters. The van der Waals surface area contributed by atoms with E-state index in [4.69, 9.17) is 15.2 Å². The summed E-state index contributed by atoms with van der Waals surface area (Å²) in [5.41, 5.74) is 9.25. The normalized spacial score (nSPS) is 12.3. The van der Waals surface area contributed by atoms with Crippen LogP contribution in [0.25, 0.3) is 0 Å². The van der Waals surface area contributed by atoms with Gasteiger partial charge in [0, 0.05) is 23.9 Å². The molecule has 2 N–H and O–H groups in total. The molecule has 0 aliphatic heterocycles. The van der Waals surface area contributed by atoms with Crippen molar-refractivity contribution in [3.63, 3.8) is 0 Å². The smallest absolute Gasteiger partial charge is 0.124 e. The van der Waals surface area contributed by atoms with Gasteiger partial charge < -0.3 is 15.2 Å². The van der Waals surface area contributed by atoms with Gasteiger partial charge in [-0.25, -0.2) is 0 Å². The van der Waals surface area contributed by atoms with Crippen molar-refractivity contribution in [3.8, 4) is 11.5 Å². The molecule has 1 aromatic heterocycles. The number of nitrogens with two attached hydrogens (primary N) is 1. The van der Waals surface area contributed by atoms with E-state index < -0.39 is 0 Å². The van der Waals surface area contributed by atoms with E-state index in [2.05, 4.69) is 5.10 Å². The molecule has 1 atom stereocenters. The first kappa shape index (κ1) is 13.4. The van der Waals surface area contributed by atoms with Gasteiger partial charge in [0.2, 0.25) is 0 Å². The monoisotopic (exact) mass is 261 g/mol. The third-order valence-corrected chi connectivity index (χ3v) is 3.38. The Hall–Kier alpha value is -2.01. The minimum absolute atomic E-state index is 0.293. The second-order valence-electron chi connectivity index (χ2n) is 4.39. The predicted molar refractivity (Wildman–Crippen MR) is 73.5 cm³/mol. The Bertz CT molecular complexity index is 578. The van der Waals surface area contributed by atoms with Gasteiger partial charge in [0.25, 0.3) is 0 Å². The third-order valence-electron chi connectivity index (χ3n) is 3.38. The van der Waals surface area contributed by atoms with Crippen LogP contribution in [0.5, 0.6) is 11.5 Å². The van der Waals surface area contributed by atoms with Crippen molar-refractivity contribution < 1.29 is 9.47 Å². The standard InChI is InChI=1S/C14H19N3O2/c1-9-12(8-16-17(9)2)14(15)11-7-10(18-3)5-6-13(11)19-4/h5-8,14H,15H2,1-4H3. The van der Waals surface area contributed by atoms with Crippen LogP contribution in [0, 0.1) is 6.92 Å². The van der Waals surface area contributed by atoms with Gasteiger partial charge in [-0.1, -0.05) is 0 Å². The molecule has 5 heteroatoms. The predicted octanol–water partition coefficient (Wildman–Crippen LogP) is 1.79. The molecule has 5 nitrogen and oxygen atoms in total. The lowest BCUT2D eigenvalue weighted by molar-refractivity contribution is 0.397. The zero-order chi connectivity index (χ0) is 14.0. The van der Waals surface area contributed by atoms with E-state index in [1.165, 1.54) is 0 Å². The fourth-order valence-corrected chi connectivity index (χ4v) is 2.07. The number of methoxy groups -OCH3 is 2. The molecule has 0 aliphatic rings. The summed E-state index contributed by atoms with van der Waals surface area (Å²) in [6.45, 7) is 1.99. The van der Waals surface area contributed by atoms with E-state index in [0.717, 1.165) is 28.3 Å². The molecular formula is C14H19N3O2. The molecule has 0 fully saturated rings. The highest BCUT2D eigenvalue weighted by atomic mass is 16.5. The van der Waals surface area contributed by atoms with Crippen LogP contribution in [0.3, 0.4) is 0 Å². The Kier molecular flexibility index (Phi) is 3.76. The van der Waals surface area contributed by atoms with Crippen LogP contribution in [0.4, 0.5) is 0 Å². The fourth-order valence-electron chi connectivity index (χ4n) is 2.07. The number of aromatic nitrogens is 2. The lowest BCUT2D eigenvalue weighted by Crippen LogP contribution is -2.14. The number of ether oxygens (including phenoxy) is 2. The molecule has 0 radical (unpaired) electrons. The van der Waals surface area contributed by atoms with E-state index in [1.54, 1.807) is 20.4 Å². The molecule has 0 saturated carbocycles. The summed E-state index contributed by atoms with van der Waals surface area (Å²) >= 11 is 0. The Balaban J connectivity index is 2.47. The van der Waals surface area contributed by atoms with Gasteiger partial charge >= 0.3 is 0 Å². The first-order valence-electron chi connectivity index (χ1n) is 6.04. The SMILES string of the molecule is COc1ccc(OC)c(C(N)c2cnn(C)c2C)c1. The van der Waals surface area contributed by atoms with Crippen molar-refractivity contribution >= 4 is 0 Å². The molecule has 1 aromatic carbocycles. The molecule has 0 spiro atoms. The van der Waals surface area contributed by atoms with E-state index >= 15 is 0 Å². The van der Waals surface area contributed by atoms with Crippen LogP contribution in [-0.4, -0.2) is 24.0 Å². The minimum atomic E-state index is -0.293. The molecule has 2 aromatic rings. The van der Waals surface area contributed by atoms with Gasteiger partial charge in [0.1, 0.15) is 11.5 Å². The summed E-state index contributed by atoms with van der Waals surface area (Å²) in [5, 5.41) is 4.23. The fraction of sp³-hybridized carbons (Fsp3) is 0.357. The highest BCUT2D eigenvalue weighted by Gasteiger charge is 2.19. The summed E-state index contributed by atoms with van der Waals surface area (Å²) in [6.07, 6.45) is 1.79. The number of benzene rings is 1. The van der Waals surface area contributed by atoms with Crippen molar-refractivity contribution in [2.45, 2.75) is 13.0 Å². The summed E-state index contributed by atoms with van der Waals surface area (Å²) < 4.78 is 12.4. The van der Waals surface area contributed by atoms with Crippen LogP contribution in [-0.2, 0) is 7.05 Å². The first-order chi connectivity index (χ1) is 9.08. The lowest BCUT2D eigenvalue weighted by Gasteiger charge is -2.16. The van der Waals surface area contributed by atoms with E-state index in [0.29, 0.717) is 0 Å². The van der Waals surface area contributed by atoms with Gasteiger partial charge in [-0.15, -0.1) is 0 Å². The highest BCUT2D eigenvalue weighted by Crippen LogP contribution is 2.32. The molecule has 2 rings (SSSR count). The Morgan fingerprint density at radius 2 is 1.95 bits per heavy atom. The molecule has 0 saturated heterocycles. The summed E-state index contributed by atoms with van der Waals surface area (Å²) in [5.74, 6) is 1.50. The summed E-state index contributed by atoms with van der Waals surface area (Å²) in [6, 6.07) is 5.32. The average molecular weight is 261 g/mol. The maximum Gasteiger partial charge on any atom is 0.124 e. The number of nitrogens with zero attached hydrogens (tertiary/aromatic N) is 2. The van der Waals surface area contributed by atoms with Crippen molar-refractivity contribution in [3.05, 3.63) is 41.2 Å². The third kappa shape index (κ3) is 2.42. The highest BCUT2D eigenvalue weighted by molar-refractivity contribution is 5.46. The Morgan fingerprint density at radius 3 is 2.47 bits per heavy atom. The quantitative estimate of drug-likeness (QED) is 0.911. The van der Waals surface area contributed by atoms with Crippen LogP contribution in [0.15, 0.2) is 24.4 Å². The number of hydrogen-bond donors (Lipinski definition) is 1. The zero-order valence-electron chi connectivity index (χ0n) is 11.7. The maximum atomic E-state index is 6.34. The summed E-state index contributed by atoms with van der Waals surface area (Å²) in [7, 11) is 5.16. The van der Waals surface area contributed by atoms with E-state index in [-0.39, 0.29) is 6.04 Å². The minimum Gasteiger partial charge on any atom is -0.497 e.